The van der Waals surface area contributed by atoms with Crippen molar-refractivity contribution in [3.05, 3.63) is 23.5 Å². The maximum atomic E-state index is 9.73. The topological polar surface area (TPSA) is 36.4 Å². The van der Waals surface area contributed by atoms with Crippen LogP contribution in [0, 0.1) is 12.8 Å². The Labute approximate surface area is 97.1 Å². The maximum absolute atomic E-state index is 9.73. The highest BCUT2D eigenvalue weighted by atomic mass is 16.3. The van der Waals surface area contributed by atoms with Crippen molar-refractivity contribution in [2.24, 2.45) is 5.92 Å². The van der Waals surface area contributed by atoms with Crippen LogP contribution in [-0.2, 0) is 6.54 Å². The summed E-state index contributed by atoms with van der Waals surface area (Å²) in [5.41, 5.74) is 1.79. The molecular formula is C13H20N2O. The van der Waals surface area contributed by atoms with E-state index in [1.807, 2.05) is 13.0 Å². The van der Waals surface area contributed by atoms with Crippen LogP contribution in [-0.4, -0.2) is 28.1 Å². The maximum Gasteiger partial charge on any atom is 0.138 e. The van der Waals surface area contributed by atoms with E-state index in [2.05, 4.69) is 16.8 Å². The van der Waals surface area contributed by atoms with E-state index in [4.69, 9.17) is 0 Å². The number of hydrogen-bond acceptors (Lipinski definition) is 3. The van der Waals surface area contributed by atoms with Gasteiger partial charge in [0.2, 0.25) is 0 Å². The van der Waals surface area contributed by atoms with Gasteiger partial charge in [-0.15, -0.1) is 0 Å². The van der Waals surface area contributed by atoms with E-state index < -0.39 is 0 Å². The van der Waals surface area contributed by atoms with Crippen LogP contribution in [0.15, 0.2) is 12.1 Å². The SMILES string of the molecule is CCC1CCN(Cc2nc(C)ccc2O)C1. The first-order valence-corrected chi connectivity index (χ1v) is 6.07. The minimum absolute atomic E-state index is 0.325. The lowest BCUT2D eigenvalue weighted by atomic mass is 10.1. The van der Waals surface area contributed by atoms with Crippen LogP contribution in [0.4, 0.5) is 0 Å². The van der Waals surface area contributed by atoms with Gasteiger partial charge in [0.15, 0.2) is 0 Å². The summed E-state index contributed by atoms with van der Waals surface area (Å²) >= 11 is 0. The number of aromatic nitrogens is 1. The van der Waals surface area contributed by atoms with E-state index in [9.17, 15) is 5.11 Å². The predicted octanol–water partition coefficient (Wildman–Crippen LogP) is 2.33. The van der Waals surface area contributed by atoms with Crippen LogP contribution in [0.1, 0.15) is 31.2 Å². The number of rotatable bonds is 3. The van der Waals surface area contributed by atoms with Crippen LogP contribution < -0.4 is 0 Å². The Morgan fingerprint density at radius 1 is 1.50 bits per heavy atom. The Hall–Kier alpha value is -1.09. The fourth-order valence-corrected chi connectivity index (χ4v) is 2.32. The highest BCUT2D eigenvalue weighted by Crippen LogP contribution is 2.23. The normalized spacial score (nSPS) is 21.5. The quantitative estimate of drug-likeness (QED) is 0.849. The molecule has 16 heavy (non-hydrogen) atoms. The van der Waals surface area contributed by atoms with Gasteiger partial charge >= 0.3 is 0 Å². The van der Waals surface area contributed by atoms with E-state index in [0.717, 1.165) is 36.9 Å². The summed E-state index contributed by atoms with van der Waals surface area (Å²) in [5, 5.41) is 9.73. The molecule has 3 heteroatoms. The molecule has 88 valence electrons. The van der Waals surface area contributed by atoms with Crippen molar-refractivity contribution < 1.29 is 5.11 Å². The van der Waals surface area contributed by atoms with Gasteiger partial charge in [0.25, 0.3) is 0 Å². The zero-order chi connectivity index (χ0) is 11.5. The Bertz CT molecular complexity index is 365. The third-order valence-corrected chi connectivity index (χ3v) is 3.41. The fourth-order valence-electron chi connectivity index (χ4n) is 2.32. The van der Waals surface area contributed by atoms with Gasteiger partial charge < -0.3 is 5.11 Å². The third-order valence-electron chi connectivity index (χ3n) is 3.41. The first-order valence-electron chi connectivity index (χ1n) is 6.07. The van der Waals surface area contributed by atoms with Crippen molar-refractivity contribution in [2.45, 2.75) is 33.2 Å². The average Bonchev–Trinajstić information content (AvgIpc) is 2.71. The van der Waals surface area contributed by atoms with Gasteiger partial charge in [-0.25, -0.2) is 0 Å². The molecule has 1 fully saturated rings. The predicted molar refractivity (Wildman–Crippen MR) is 64.3 cm³/mol. The molecule has 2 rings (SSSR count). The lowest BCUT2D eigenvalue weighted by Crippen LogP contribution is -2.20. The summed E-state index contributed by atoms with van der Waals surface area (Å²) in [4.78, 5) is 6.78. The molecular weight excluding hydrogens is 200 g/mol. The van der Waals surface area contributed by atoms with Gasteiger partial charge in [-0.1, -0.05) is 13.3 Å². The van der Waals surface area contributed by atoms with Gasteiger partial charge in [-0.05, 0) is 37.9 Å². The van der Waals surface area contributed by atoms with Gasteiger partial charge in [-0.3, -0.25) is 9.88 Å². The molecule has 3 nitrogen and oxygen atoms in total. The second-order valence-corrected chi connectivity index (χ2v) is 4.72. The Balaban J connectivity index is 2.01. The van der Waals surface area contributed by atoms with Crippen molar-refractivity contribution in [3.63, 3.8) is 0 Å². The Morgan fingerprint density at radius 2 is 2.31 bits per heavy atom. The van der Waals surface area contributed by atoms with Crippen LogP contribution in [0.3, 0.4) is 0 Å². The fraction of sp³-hybridized carbons (Fsp3) is 0.615. The zero-order valence-corrected chi connectivity index (χ0v) is 10.1. The molecule has 0 amide bonds. The minimum Gasteiger partial charge on any atom is -0.506 e. The molecule has 1 unspecified atom stereocenters. The molecule has 1 aromatic heterocycles. The molecule has 1 aromatic rings. The molecule has 0 aromatic carbocycles. The molecule has 0 bridgehead atoms. The molecule has 1 saturated heterocycles. The lowest BCUT2D eigenvalue weighted by molar-refractivity contribution is 0.304. The Morgan fingerprint density at radius 3 is 3.00 bits per heavy atom. The minimum atomic E-state index is 0.325. The van der Waals surface area contributed by atoms with Crippen LogP contribution in [0.2, 0.25) is 0 Å². The van der Waals surface area contributed by atoms with Gasteiger partial charge in [0, 0.05) is 18.8 Å². The molecule has 1 N–H and O–H groups in total. The third kappa shape index (κ3) is 2.53. The number of nitrogens with zero attached hydrogens (tertiary/aromatic N) is 2. The first-order chi connectivity index (χ1) is 7.69. The number of aromatic hydroxyl groups is 1. The second-order valence-electron chi connectivity index (χ2n) is 4.72. The van der Waals surface area contributed by atoms with Crippen molar-refractivity contribution >= 4 is 0 Å². The molecule has 0 spiro atoms. The first kappa shape index (κ1) is 11.4. The smallest absolute Gasteiger partial charge is 0.138 e. The highest BCUT2D eigenvalue weighted by molar-refractivity contribution is 5.27. The molecule has 1 atom stereocenters. The molecule has 0 saturated carbocycles. The van der Waals surface area contributed by atoms with Crippen LogP contribution in [0.5, 0.6) is 5.75 Å². The zero-order valence-electron chi connectivity index (χ0n) is 10.1. The van der Waals surface area contributed by atoms with E-state index in [1.54, 1.807) is 6.07 Å². The van der Waals surface area contributed by atoms with E-state index in [0.29, 0.717) is 5.75 Å². The second kappa shape index (κ2) is 4.83. The lowest BCUT2D eigenvalue weighted by Gasteiger charge is -2.16. The Kier molecular flexibility index (Phi) is 3.44. The van der Waals surface area contributed by atoms with E-state index in [-0.39, 0.29) is 0 Å². The van der Waals surface area contributed by atoms with Crippen LogP contribution >= 0.6 is 0 Å². The molecule has 2 heterocycles. The summed E-state index contributed by atoms with van der Waals surface area (Å²) < 4.78 is 0. The van der Waals surface area contributed by atoms with Gasteiger partial charge in [0.05, 0.1) is 5.69 Å². The van der Waals surface area contributed by atoms with Crippen molar-refractivity contribution in [1.82, 2.24) is 9.88 Å². The summed E-state index contributed by atoms with van der Waals surface area (Å²) in [6, 6.07) is 3.59. The van der Waals surface area contributed by atoms with Gasteiger partial charge in [0.1, 0.15) is 5.75 Å². The summed E-state index contributed by atoms with van der Waals surface area (Å²) in [5.74, 6) is 1.15. The number of aryl methyl sites for hydroxylation is 1. The van der Waals surface area contributed by atoms with Crippen molar-refractivity contribution in [2.75, 3.05) is 13.1 Å². The van der Waals surface area contributed by atoms with Crippen molar-refractivity contribution in [1.29, 1.82) is 0 Å². The standard InChI is InChI=1S/C13H20N2O/c1-3-11-6-7-15(8-11)9-12-13(16)5-4-10(2)14-12/h4-5,11,16H,3,6-9H2,1-2H3. The number of pyridine rings is 1. The molecule has 1 aliphatic rings. The number of hydrogen-bond donors (Lipinski definition) is 1. The summed E-state index contributed by atoms with van der Waals surface area (Å²) in [6.45, 7) is 7.27. The van der Waals surface area contributed by atoms with E-state index >= 15 is 0 Å². The summed E-state index contributed by atoms with van der Waals surface area (Å²) in [7, 11) is 0. The number of likely N-dealkylation sites (tertiary alicyclic amines) is 1. The van der Waals surface area contributed by atoms with E-state index in [1.165, 1.54) is 12.8 Å². The van der Waals surface area contributed by atoms with Gasteiger partial charge in [-0.2, -0.15) is 0 Å². The van der Waals surface area contributed by atoms with Crippen LogP contribution in [0.25, 0.3) is 0 Å². The van der Waals surface area contributed by atoms with Crippen molar-refractivity contribution in [3.8, 4) is 5.75 Å². The monoisotopic (exact) mass is 220 g/mol. The highest BCUT2D eigenvalue weighted by Gasteiger charge is 2.21. The summed E-state index contributed by atoms with van der Waals surface area (Å²) in [6.07, 6.45) is 2.53. The molecule has 0 aliphatic carbocycles. The average molecular weight is 220 g/mol. The largest absolute Gasteiger partial charge is 0.506 e. The molecule has 0 radical (unpaired) electrons. The molecule has 1 aliphatic heterocycles.